The quantitative estimate of drug-likeness (QED) is 0.792. The van der Waals surface area contributed by atoms with Gasteiger partial charge in [-0.1, -0.05) is 15.9 Å². The van der Waals surface area contributed by atoms with Crippen molar-refractivity contribution in [1.82, 2.24) is 4.98 Å². The molecule has 1 aliphatic heterocycles. The molecule has 0 N–H and O–H groups in total. The van der Waals surface area contributed by atoms with Gasteiger partial charge in [0.2, 0.25) is 0 Å². The van der Waals surface area contributed by atoms with Crippen LogP contribution < -0.4 is 0 Å². The maximum Gasteiger partial charge on any atom is 0.0897 e. The Bertz CT molecular complexity index is 404. The molecule has 1 saturated heterocycles. The third-order valence-corrected chi connectivity index (χ3v) is 5.96. The van der Waals surface area contributed by atoms with Crippen LogP contribution in [0.25, 0.3) is 0 Å². The smallest absolute Gasteiger partial charge is 0.0897 e. The van der Waals surface area contributed by atoms with E-state index in [4.69, 9.17) is 4.74 Å². The highest BCUT2D eigenvalue weighted by molar-refractivity contribution is 9.09. The Morgan fingerprint density at radius 3 is 3.00 bits per heavy atom. The summed E-state index contributed by atoms with van der Waals surface area (Å²) >= 11 is 5.48. The van der Waals surface area contributed by atoms with Crippen molar-refractivity contribution in [1.29, 1.82) is 0 Å². The monoisotopic (exact) mass is 315 g/mol. The lowest BCUT2D eigenvalue weighted by atomic mass is 9.77. The molecule has 94 valence electrons. The van der Waals surface area contributed by atoms with Crippen molar-refractivity contribution in [3.05, 3.63) is 16.1 Å². The molecule has 2 aliphatic rings. The van der Waals surface area contributed by atoms with Crippen LogP contribution in [0, 0.1) is 18.3 Å². The van der Waals surface area contributed by atoms with Crippen LogP contribution in [0.2, 0.25) is 0 Å². The molecule has 1 aromatic rings. The number of aromatic nitrogens is 1. The van der Waals surface area contributed by atoms with E-state index in [0.717, 1.165) is 24.3 Å². The Labute approximate surface area is 115 Å². The summed E-state index contributed by atoms with van der Waals surface area (Å²) < 4.78 is 6.01. The van der Waals surface area contributed by atoms with Crippen molar-refractivity contribution in [2.45, 2.75) is 38.7 Å². The summed E-state index contributed by atoms with van der Waals surface area (Å²) in [5, 5.41) is 4.42. The normalized spacial score (nSPS) is 33.2. The molecule has 1 aliphatic carbocycles. The van der Waals surface area contributed by atoms with E-state index in [1.165, 1.54) is 30.0 Å². The van der Waals surface area contributed by atoms with Crippen LogP contribution in [0.15, 0.2) is 5.38 Å². The van der Waals surface area contributed by atoms with Crippen LogP contribution in [0.1, 0.15) is 30.0 Å². The lowest BCUT2D eigenvalue weighted by Gasteiger charge is -2.32. The first-order chi connectivity index (χ1) is 8.23. The molecule has 0 aromatic carbocycles. The van der Waals surface area contributed by atoms with Crippen molar-refractivity contribution in [2.75, 3.05) is 11.9 Å². The van der Waals surface area contributed by atoms with Gasteiger partial charge in [-0.25, -0.2) is 4.98 Å². The summed E-state index contributed by atoms with van der Waals surface area (Å²) in [6.45, 7) is 3.01. The van der Waals surface area contributed by atoms with Gasteiger partial charge in [0.25, 0.3) is 0 Å². The molecule has 0 radical (unpaired) electrons. The summed E-state index contributed by atoms with van der Waals surface area (Å²) in [6, 6.07) is 0. The van der Waals surface area contributed by atoms with Crippen LogP contribution in [-0.2, 0) is 11.2 Å². The second-order valence-corrected chi connectivity index (χ2v) is 7.03. The average molecular weight is 316 g/mol. The van der Waals surface area contributed by atoms with Gasteiger partial charge in [0, 0.05) is 22.7 Å². The number of ether oxygens (including phenoxy) is 1. The maximum absolute atomic E-state index is 6.01. The van der Waals surface area contributed by atoms with Gasteiger partial charge >= 0.3 is 0 Å². The van der Waals surface area contributed by atoms with Crippen molar-refractivity contribution < 1.29 is 4.74 Å². The molecular weight excluding hydrogens is 298 g/mol. The fourth-order valence-electron chi connectivity index (χ4n) is 2.97. The molecule has 3 rings (SSSR count). The van der Waals surface area contributed by atoms with E-state index < -0.39 is 0 Å². The summed E-state index contributed by atoms with van der Waals surface area (Å²) in [4.78, 5) is 4.62. The van der Waals surface area contributed by atoms with E-state index in [1.54, 1.807) is 11.3 Å². The van der Waals surface area contributed by atoms with E-state index in [1.807, 2.05) is 0 Å². The fraction of sp³-hybridized carbons (Fsp3) is 0.769. The van der Waals surface area contributed by atoms with Crippen LogP contribution in [0.3, 0.4) is 0 Å². The van der Waals surface area contributed by atoms with Crippen LogP contribution in [0.4, 0.5) is 0 Å². The highest BCUT2D eigenvalue weighted by Gasteiger charge is 2.50. The fourth-order valence-corrected chi connectivity index (χ4v) is 4.38. The Kier molecular flexibility index (Phi) is 3.30. The van der Waals surface area contributed by atoms with Gasteiger partial charge < -0.3 is 4.74 Å². The van der Waals surface area contributed by atoms with Gasteiger partial charge in [-0.2, -0.15) is 0 Å². The number of alkyl halides is 1. The highest BCUT2D eigenvalue weighted by Crippen LogP contribution is 2.50. The number of aryl methyl sites for hydroxylation is 1. The largest absolute Gasteiger partial charge is 0.377 e. The molecule has 2 unspecified atom stereocenters. The van der Waals surface area contributed by atoms with E-state index in [-0.39, 0.29) is 0 Å². The molecule has 0 amide bonds. The summed E-state index contributed by atoms with van der Waals surface area (Å²) in [5.41, 5.74) is 1.55. The van der Waals surface area contributed by atoms with Crippen LogP contribution in [0.5, 0.6) is 0 Å². The molecule has 2 fully saturated rings. The van der Waals surface area contributed by atoms with Crippen molar-refractivity contribution in [2.24, 2.45) is 11.3 Å². The van der Waals surface area contributed by atoms with Crippen molar-refractivity contribution in [3.8, 4) is 0 Å². The number of rotatable bonds is 4. The third-order valence-electron chi connectivity index (χ3n) is 4.02. The topological polar surface area (TPSA) is 22.1 Å². The molecular formula is C13H18BrNOS. The van der Waals surface area contributed by atoms with Gasteiger partial charge in [0.05, 0.1) is 16.8 Å². The number of hydrogen-bond acceptors (Lipinski definition) is 3. The number of halogens is 1. The minimum Gasteiger partial charge on any atom is -0.377 e. The van der Waals surface area contributed by atoms with Crippen molar-refractivity contribution in [3.63, 3.8) is 0 Å². The SMILES string of the molecule is Cc1nc(CC2(CBr)CCOC2C2CC2)cs1. The van der Waals surface area contributed by atoms with Gasteiger partial charge in [-0.15, -0.1) is 11.3 Å². The molecule has 1 saturated carbocycles. The average Bonchev–Trinajstić information content (AvgIpc) is 2.96. The molecule has 17 heavy (non-hydrogen) atoms. The minimum absolute atomic E-state index is 0.293. The highest BCUT2D eigenvalue weighted by atomic mass is 79.9. The Hall–Kier alpha value is 0.0700. The maximum atomic E-state index is 6.01. The zero-order valence-corrected chi connectivity index (χ0v) is 12.5. The first kappa shape index (κ1) is 12.1. The van der Waals surface area contributed by atoms with E-state index in [2.05, 4.69) is 33.2 Å². The second-order valence-electron chi connectivity index (χ2n) is 5.41. The molecule has 2 nitrogen and oxygen atoms in total. The summed E-state index contributed by atoms with van der Waals surface area (Å²) in [7, 11) is 0. The van der Waals surface area contributed by atoms with E-state index in [9.17, 15) is 0 Å². The molecule has 1 aromatic heterocycles. The Balaban J connectivity index is 1.80. The number of thiazole rings is 1. The Morgan fingerprint density at radius 2 is 2.41 bits per heavy atom. The Morgan fingerprint density at radius 1 is 1.59 bits per heavy atom. The summed E-state index contributed by atoms with van der Waals surface area (Å²) in [6.07, 6.45) is 5.42. The first-order valence-corrected chi connectivity index (χ1v) is 8.32. The minimum atomic E-state index is 0.293. The molecule has 0 spiro atoms. The lowest BCUT2D eigenvalue weighted by molar-refractivity contribution is 0.0410. The zero-order valence-electron chi connectivity index (χ0n) is 10.1. The third kappa shape index (κ3) is 2.32. The molecule has 0 bridgehead atoms. The zero-order chi connectivity index (χ0) is 11.9. The van der Waals surface area contributed by atoms with Crippen LogP contribution in [-0.4, -0.2) is 23.0 Å². The molecule has 2 heterocycles. The number of nitrogens with zero attached hydrogens (tertiary/aromatic N) is 1. The first-order valence-electron chi connectivity index (χ1n) is 6.32. The predicted octanol–water partition coefficient (Wildman–Crippen LogP) is 3.57. The molecule has 2 atom stereocenters. The van der Waals surface area contributed by atoms with E-state index in [0.29, 0.717) is 11.5 Å². The van der Waals surface area contributed by atoms with Crippen LogP contribution >= 0.6 is 27.3 Å². The van der Waals surface area contributed by atoms with Gasteiger partial charge in [-0.3, -0.25) is 0 Å². The van der Waals surface area contributed by atoms with Gasteiger partial charge in [-0.05, 0) is 38.5 Å². The van der Waals surface area contributed by atoms with Gasteiger partial charge in [0.15, 0.2) is 0 Å². The van der Waals surface area contributed by atoms with Crippen molar-refractivity contribution >= 4 is 27.3 Å². The second kappa shape index (κ2) is 4.63. The van der Waals surface area contributed by atoms with Gasteiger partial charge in [0.1, 0.15) is 0 Å². The number of hydrogen-bond donors (Lipinski definition) is 0. The summed E-state index contributed by atoms with van der Waals surface area (Å²) in [5.74, 6) is 0.815. The predicted molar refractivity (Wildman–Crippen MR) is 73.9 cm³/mol. The lowest BCUT2D eigenvalue weighted by Crippen LogP contribution is -2.36. The standard InChI is InChI=1S/C13H18BrNOS/c1-9-15-11(7-17-9)6-13(8-14)4-5-16-12(13)10-2-3-10/h7,10,12H,2-6,8H2,1H3. The molecule has 4 heteroatoms. The van der Waals surface area contributed by atoms with E-state index >= 15 is 0 Å².